The first-order chi connectivity index (χ1) is 15.7. The highest BCUT2D eigenvalue weighted by molar-refractivity contribution is 5.82. The molecule has 2 amide bonds. The minimum atomic E-state index is -0.109. The fourth-order valence-electron chi connectivity index (χ4n) is 5.04. The molecule has 2 aromatic rings. The summed E-state index contributed by atoms with van der Waals surface area (Å²) in [5.41, 5.74) is 2.07. The van der Waals surface area contributed by atoms with E-state index in [0.29, 0.717) is 32.0 Å². The predicted molar refractivity (Wildman–Crippen MR) is 125 cm³/mol. The lowest BCUT2D eigenvalue weighted by Crippen LogP contribution is -2.57. The first kappa shape index (κ1) is 22.5. The van der Waals surface area contributed by atoms with Crippen LogP contribution in [0, 0.1) is 5.92 Å². The second-order valence-corrected chi connectivity index (χ2v) is 8.93. The van der Waals surface area contributed by atoms with Gasteiger partial charge in [-0.2, -0.15) is 0 Å². The number of amides is 2. The summed E-state index contributed by atoms with van der Waals surface area (Å²) in [4.78, 5) is 34.5. The van der Waals surface area contributed by atoms with Crippen molar-refractivity contribution < 1.29 is 9.59 Å². The van der Waals surface area contributed by atoms with Gasteiger partial charge in [-0.1, -0.05) is 49.2 Å². The van der Waals surface area contributed by atoms with Gasteiger partial charge in [0.05, 0.1) is 18.3 Å². The van der Waals surface area contributed by atoms with Crippen molar-refractivity contribution in [1.82, 2.24) is 20.1 Å². The van der Waals surface area contributed by atoms with E-state index in [2.05, 4.69) is 27.3 Å². The Morgan fingerprint density at radius 2 is 1.69 bits per heavy atom. The molecule has 1 aliphatic carbocycles. The van der Waals surface area contributed by atoms with Crippen molar-refractivity contribution in [2.75, 3.05) is 26.2 Å². The molecule has 1 N–H and O–H groups in total. The molecule has 1 saturated heterocycles. The summed E-state index contributed by atoms with van der Waals surface area (Å²) in [5.74, 6) is 0.719. The monoisotopic (exact) mass is 434 g/mol. The van der Waals surface area contributed by atoms with E-state index >= 15 is 0 Å². The average molecular weight is 435 g/mol. The van der Waals surface area contributed by atoms with E-state index in [1.54, 1.807) is 6.20 Å². The van der Waals surface area contributed by atoms with Gasteiger partial charge in [-0.25, -0.2) is 0 Å². The van der Waals surface area contributed by atoms with E-state index in [9.17, 15) is 9.59 Å². The van der Waals surface area contributed by atoms with E-state index in [1.165, 1.54) is 18.4 Å². The maximum atomic E-state index is 13.2. The highest BCUT2D eigenvalue weighted by Gasteiger charge is 2.37. The molecule has 1 atom stereocenters. The largest absolute Gasteiger partial charge is 0.349 e. The summed E-state index contributed by atoms with van der Waals surface area (Å²) in [5, 5.41) is 3.12. The molecule has 1 aromatic heterocycles. The maximum Gasteiger partial charge on any atom is 0.237 e. The summed E-state index contributed by atoms with van der Waals surface area (Å²) >= 11 is 0. The van der Waals surface area contributed by atoms with Crippen LogP contribution in [0.15, 0.2) is 54.7 Å². The SMILES string of the molecule is O=C(NCc1ccccn1)[C@H](C1CCCC1)N1CCN(C(=O)CCc2ccccc2)CC1. The maximum absolute atomic E-state index is 13.2. The number of nitrogens with zero attached hydrogens (tertiary/aromatic N) is 3. The van der Waals surface area contributed by atoms with Crippen LogP contribution in [0.4, 0.5) is 0 Å². The molecular formula is C26H34N4O2. The molecule has 170 valence electrons. The summed E-state index contributed by atoms with van der Waals surface area (Å²) in [6.45, 7) is 3.38. The highest BCUT2D eigenvalue weighted by Crippen LogP contribution is 2.31. The molecule has 32 heavy (non-hydrogen) atoms. The van der Waals surface area contributed by atoms with Crippen LogP contribution in [-0.2, 0) is 22.6 Å². The van der Waals surface area contributed by atoms with Gasteiger partial charge in [0, 0.05) is 38.8 Å². The molecule has 1 aromatic carbocycles. The topological polar surface area (TPSA) is 65.5 Å². The third-order valence-electron chi connectivity index (χ3n) is 6.82. The van der Waals surface area contributed by atoms with Gasteiger partial charge >= 0.3 is 0 Å². The second-order valence-electron chi connectivity index (χ2n) is 8.93. The van der Waals surface area contributed by atoms with Crippen molar-refractivity contribution in [2.45, 2.75) is 51.1 Å². The molecule has 0 bridgehead atoms. The lowest BCUT2D eigenvalue weighted by atomic mass is 9.95. The molecule has 0 radical (unpaired) electrons. The number of piperazine rings is 1. The van der Waals surface area contributed by atoms with E-state index in [0.717, 1.165) is 38.0 Å². The lowest BCUT2D eigenvalue weighted by molar-refractivity contribution is -0.135. The van der Waals surface area contributed by atoms with Crippen molar-refractivity contribution in [3.05, 3.63) is 66.0 Å². The number of rotatable bonds is 8. The zero-order valence-electron chi connectivity index (χ0n) is 18.8. The average Bonchev–Trinajstić information content (AvgIpc) is 3.37. The van der Waals surface area contributed by atoms with E-state index in [4.69, 9.17) is 0 Å². The molecular weight excluding hydrogens is 400 g/mol. The standard InChI is InChI=1S/C26H34N4O2/c31-24(14-13-21-8-2-1-3-9-21)29-16-18-30(19-17-29)25(22-10-4-5-11-22)26(32)28-20-23-12-6-7-15-27-23/h1-3,6-9,12,15,22,25H,4-5,10-11,13-14,16-20H2,(H,28,32)/t25-/m0/s1. The van der Waals surface area contributed by atoms with Gasteiger partial charge < -0.3 is 10.2 Å². The summed E-state index contributed by atoms with van der Waals surface area (Å²) in [6, 6.07) is 15.8. The number of carbonyl (C=O) groups is 2. The number of hydrogen-bond donors (Lipinski definition) is 1. The Morgan fingerprint density at radius 1 is 0.969 bits per heavy atom. The summed E-state index contributed by atoms with van der Waals surface area (Å²) in [6.07, 6.45) is 7.69. The molecule has 4 rings (SSSR count). The van der Waals surface area contributed by atoms with Gasteiger partial charge in [-0.15, -0.1) is 0 Å². The van der Waals surface area contributed by atoms with Crippen LogP contribution in [0.3, 0.4) is 0 Å². The fourth-order valence-corrected chi connectivity index (χ4v) is 5.04. The predicted octanol–water partition coefficient (Wildman–Crippen LogP) is 3.03. The molecule has 1 aliphatic heterocycles. The Morgan fingerprint density at radius 3 is 2.38 bits per heavy atom. The number of nitrogens with one attached hydrogen (secondary N) is 1. The van der Waals surface area contributed by atoms with Crippen LogP contribution >= 0.6 is 0 Å². The van der Waals surface area contributed by atoms with Crippen molar-refractivity contribution in [3.63, 3.8) is 0 Å². The van der Waals surface area contributed by atoms with Gasteiger partial charge in [0.1, 0.15) is 0 Å². The zero-order chi connectivity index (χ0) is 22.2. The van der Waals surface area contributed by atoms with Crippen molar-refractivity contribution in [3.8, 4) is 0 Å². The van der Waals surface area contributed by atoms with E-state index in [-0.39, 0.29) is 17.9 Å². The van der Waals surface area contributed by atoms with Crippen LogP contribution in [0.1, 0.15) is 43.4 Å². The normalized spacial score (nSPS) is 18.4. The number of aromatic nitrogens is 1. The Balaban J connectivity index is 1.30. The van der Waals surface area contributed by atoms with Gasteiger partial charge in [0.2, 0.25) is 11.8 Å². The Kier molecular flexibility index (Phi) is 7.88. The highest BCUT2D eigenvalue weighted by atomic mass is 16.2. The Bertz CT molecular complexity index is 860. The third-order valence-corrected chi connectivity index (χ3v) is 6.82. The van der Waals surface area contributed by atoms with Crippen molar-refractivity contribution in [2.24, 2.45) is 5.92 Å². The van der Waals surface area contributed by atoms with Gasteiger partial charge in [-0.05, 0) is 42.9 Å². The number of carbonyl (C=O) groups excluding carboxylic acids is 2. The number of hydrogen-bond acceptors (Lipinski definition) is 4. The number of aryl methyl sites for hydroxylation is 1. The third kappa shape index (κ3) is 5.94. The van der Waals surface area contributed by atoms with E-state index in [1.807, 2.05) is 41.3 Å². The minimum absolute atomic E-state index is 0.103. The Hall–Kier alpha value is -2.73. The summed E-state index contributed by atoms with van der Waals surface area (Å²) < 4.78 is 0. The molecule has 0 unspecified atom stereocenters. The lowest BCUT2D eigenvalue weighted by Gasteiger charge is -2.40. The second kappa shape index (κ2) is 11.2. The van der Waals surface area contributed by atoms with Crippen LogP contribution in [-0.4, -0.2) is 58.8 Å². The molecule has 6 heteroatoms. The van der Waals surface area contributed by atoms with Gasteiger partial charge in [0.15, 0.2) is 0 Å². The van der Waals surface area contributed by atoms with Crippen LogP contribution in [0.25, 0.3) is 0 Å². The quantitative estimate of drug-likeness (QED) is 0.694. The molecule has 2 fully saturated rings. The molecule has 1 saturated carbocycles. The van der Waals surface area contributed by atoms with Crippen LogP contribution in [0.5, 0.6) is 0 Å². The van der Waals surface area contributed by atoms with Crippen molar-refractivity contribution in [1.29, 1.82) is 0 Å². The van der Waals surface area contributed by atoms with Crippen molar-refractivity contribution >= 4 is 11.8 Å². The molecule has 6 nitrogen and oxygen atoms in total. The van der Waals surface area contributed by atoms with Crippen LogP contribution in [0.2, 0.25) is 0 Å². The first-order valence-electron chi connectivity index (χ1n) is 11.9. The Labute approximate surface area is 191 Å². The molecule has 2 aliphatic rings. The number of benzene rings is 1. The van der Waals surface area contributed by atoms with Gasteiger partial charge in [0.25, 0.3) is 0 Å². The van der Waals surface area contributed by atoms with Crippen LogP contribution < -0.4 is 5.32 Å². The zero-order valence-corrected chi connectivity index (χ0v) is 18.8. The van der Waals surface area contributed by atoms with E-state index < -0.39 is 0 Å². The summed E-state index contributed by atoms with van der Waals surface area (Å²) in [7, 11) is 0. The van der Waals surface area contributed by atoms with Gasteiger partial charge in [-0.3, -0.25) is 19.5 Å². The molecule has 0 spiro atoms. The first-order valence-corrected chi connectivity index (χ1v) is 11.9. The fraction of sp³-hybridized carbons (Fsp3) is 0.500. The minimum Gasteiger partial charge on any atom is -0.349 e. The smallest absolute Gasteiger partial charge is 0.237 e. The number of pyridine rings is 1. The molecule has 2 heterocycles.